The maximum Gasteiger partial charge on any atom is 0.240 e. The smallest absolute Gasteiger partial charge is 0.240 e. The van der Waals surface area contributed by atoms with Gasteiger partial charge in [0, 0.05) is 18.7 Å². The zero-order chi connectivity index (χ0) is 17.6. The molecule has 130 valence electrons. The molecule has 1 aliphatic rings. The van der Waals surface area contributed by atoms with Crippen molar-refractivity contribution >= 4 is 17.5 Å². The fourth-order valence-corrected chi connectivity index (χ4v) is 3.06. The fraction of sp³-hybridized carbons (Fsp3) is 0.300. The second kappa shape index (κ2) is 7.94. The molecule has 1 unspecified atom stereocenters. The molecule has 0 saturated heterocycles. The Hall–Kier alpha value is -2.66. The highest BCUT2D eigenvalue weighted by atomic mass is 16.3. The summed E-state index contributed by atoms with van der Waals surface area (Å²) in [6, 6.07) is 17.0. The highest BCUT2D eigenvalue weighted by Crippen LogP contribution is 2.27. The van der Waals surface area contributed by atoms with Gasteiger partial charge >= 0.3 is 0 Å². The van der Waals surface area contributed by atoms with Gasteiger partial charge in [-0.15, -0.1) is 0 Å². The Bertz CT molecular complexity index is 746. The van der Waals surface area contributed by atoms with Crippen LogP contribution in [-0.2, 0) is 16.0 Å². The van der Waals surface area contributed by atoms with Crippen molar-refractivity contribution in [1.29, 1.82) is 0 Å². The molecule has 1 atom stereocenters. The molecule has 0 radical (unpaired) electrons. The topological polar surface area (TPSA) is 69.6 Å². The Balaban J connectivity index is 1.52. The minimum atomic E-state index is -0.612. The van der Waals surface area contributed by atoms with Gasteiger partial charge < -0.3 is 15.3 Å². The first-order valence-corrected chi connectivity index (χ1v) is 8.53. The van der Waals surface area contributed by atoms with Gasteiger partial charge in [0.25, 0.3) is 0 Å². The molecule has 0 spiro atoms. The molecule has 3 rings (SSSR count). The molecule has 0 fully saturated rings. The van der Waals surface area contributed by atoms with Crippen molar-refractivity contribution in [2.45, 2.75) is 25.4 Å². The number of rotatable bonds is 6. The van der Waals surface area contributed by atoms with Crippen molar-refractivity contribution in [2.75, 3.05) is 18.0 Å². The van der Waals surface area contributed by atoms with Crippen LogP contribution in [0, 0.1) is 0 Å². The summed E-state index contributed by atoms with van der Waals surface area (Å²) in [7, 11) is 0. The van der Waals surface area contributed by atoms with Gasteiger partial charge in [0.15, 0.2) is 0 Å². The van der Waals surface area contributed by atoms with Gasteiger partial charge in [-0.3, -0.25) is 9.59 Å². The summed E-state index contributed by atoms with van der Waals surface area (Å²) in [5.41, 5.74) is 2.74. The first-order chi connectivity index (χ1) is 12.1. The molecular weight excluding hydrogens is 316 g/mol. The Morgan fingerprint density at radius 3 is 2.60 bits per heavy atom. The van der Waals surface area contributed by atoms with E-state index in [1.54, 1.807) is 4.90 Å². The summed E-state index contributed by atoms with van der Waals surface area (Å²) < 4.78 is 0. The highest BCUT2D eigenvalue weighted by molar-refractivity contribution is 6.00. The summed E-state index contributed by atoms with van der Waals surface area (Å²) in [6.45, 7) is 0.371. The quantitative estimate of drug-likeness (QED) is 0.848. The van der Waals surface area contributed by atoms with Crippen LogP contribution in [0.4, 0.5) is 5.69 Å². The van der Waals surface area contributed by atoms with Crippen LogP contribution in [0.2, 0.25) is 0 Å². The van der Waals surface area contributed by atoms with Gasteiger partial charge in [-0.05, 0) is 30.0 Å². The fourth-order valence-electron chi connectivity index (χ4n) is 3.06. The zero-order valence-corrected chi connectivity index (χ0v) is 14.0. The lowest BCUT2D eigenvalue weighted by molar-refractivity contribution is -0.124. The maximum absolute atomic E-state index is 12.2. The number of anilines is 1. The van der Waals surface area contributed by atoms with E-state index >= 15 is 0 Å². The van der Waals surface area contributed by atoms with Crippen LogP contribution in [0.25, 0.3) is 0 Å². The average Bonchev–Trinajstić information content (AvgIpc) is 2.65. The van der Waals surface area contributed by atoms with E-state index in [9.17, 15) is 14.7 Å². The number of nitrogens with one attached hydrogen (secondary N) is 1. The summed E-state index contributed by atoms with van der Waals surface area (Å²) in [6.07, 6.45) is 0.965. The lowest BCUT2D eigenvalue weighted by atomic mass is 10.0. The van der Waals surface area contributed by atoms with E-state index in [-0.39, 0.29) is 18.4 Å². The second-order valence-corrected chi connectivity index (χ2v) is 6.17. The molecular formula is C20H22N2O3. The van der Waals surface area contributed by atoms with E-state index in [2.05, 4.69) is 5.32 Å². The normalized spacial score (nSPS) is 14.8. The van der Waals surface area contributed by atoms with Gasteiger partial charge in [0.05, 0.1) is 6.10 Å². The second-order valence-electron chi connectivity index (χ2n) is 6.17. The molecule has 1 aliphatic heterocycles. The predicted molar refractivity (Wildman–Crippen MR) is 96.1 cm³/mol. The predicted octanol–water partition coefficient (Wildman–Crippen LogP) is 2.21. The first kappa shape index (κ1) is 17.2. The Morgan fingerprint density at radius 2 is 1.80 bits per heavy atom. The number of hydrogen-bond acceptors (Lipinski definition) is 3. The number of nitrogens with zero attached hydrogens (tertiary/aromatic N) is 1. The number of para-hydroxylation sites is 1. The monoisotopic (exact) mass is 338 g/mol. The molecule has 1 heterocycles. The van der Waals surface area contributed by atoms with Crippen LogP contribution >= 0.6 is 0 Å². The van der Waals surface area contributed by atoms with Gasteiger partial charge in [0.2, 0.25) is 11.8 Å². The zero-order valence-electron chi connectivity index (χ0n) is 14.0. The molecule has 5 heteroatoms. The van der Waals surface area contributed by atoms with Crippen LogP contribution in [0.1, 0.15) is 30.1 Å². The Kier molecular flexibility index (Phi) is 5.46. The molecule has 2 N–H and O–H groups in total. The molecule has 5 nitrogen and oxygen atoms in total. The van der Waals surface area contributed by atoms with E-state index in [4.69, 9.17) is 0 Å². The molecule has 2 aromatic carbocycles. The SMILES string of the molecule is O=C(CN1C(=O)CCc2ccccc21)NCCC(O)c1ccccc1. The number of aryl methyl sites for hydroxylation is 1. The van der Waals surface area contributed by atoms with Crippen molar-refractivity contribution in [3.8, 4) is 0 Å². The Morgan fingerprint density at radius 1 is 1.08 bits per heavy atom. The van der Waals surface area contributed by atoms with E-state index in [0.29, 0.717) is 19.4 Å². The van der Waals surface area contributed by atoms with Crippen molar-refractivity contribution in [3.63, 3.8) is 0 Å². The van der Waals surface area contributed by atoms with Crippen LogP contribution in [0.3, 0.4) is 0 Å². The van der Waals surface area contributed by atoms with Crippen LogP contribution in [0.15, 0.2) is 54.6 Å². The summed E-state index contributed by atoms with van der Waals surface area (Å²) in [4.78, 5) is 25.9. The van der Waals surface area contributed by atoms with Crippen molar-refractivity contribution < 1.29 is 14.7 Å². The van der Waals surface area contributed by atoms with Crippen LogP contribution in [0.5, 0.6) is 0 Å². The van der Waals surface area contributed by atoms with E-state index in [1.165, 1.54) is 0 Å². The number of hydrogen-bond donors (Lipinski definition) is 2. The highest BCUT2D eigenvalue weighted by Gasteiger charge is 2.25. The third-order valence-electron chi connectivity index (χ3n) is 4.42. The van der Waals surface area contributed by atoms with E-state index in [0.717, 1.165) is 23.2 Å². The minimum absolute atomic E-state index is 0.0112. The maximum atomic E-state index is 12.2. The standard InChI is InChI=1S/C20H22N2O3/c23-18(16-7-2-1-3-8-16)12-13-21-19(24)14-22-17-9-5-4-6-15(17)10-11-20(22)25/h1-9,18,23H,10-14H2,(H,21,24). The number of benzene rings is 2. The van der Waals surface area contributed by atoms with Gasteiger partial charge in [-0.2, -0.15) is 0 Å². The van der Waals surface area contributed by atoms with Crippen LogP contribution in [-0.4, -0.2) is 30.0 Å². The molecule has 0 saturated carbocycles. The van der Waals surface area contributed by atoms with Gasteiger partial charge in [-0.1, -0.05) is 48.5 Å². The lowest BCUT2D eigenvalue weighted by Crippen LogP contribution is -2.43. The molecule has 0 aliphatic carbocycles. The third kappa shape index (κ3) is 4.25. The number of amides is 2. The number of aliphatic hydroxyl groups excluding tert-OH is 1. The van der Waals surface area contributed by atoms with E-state index < -0.39 is 6.10 Å². The van der Waals surface area contributed by atoms with Crippen LogP contribution < -0.4 is 10.2 Å². The molecule has 0 aromatic heterocycles. The Labute approximate surface area is 147 Å². The van der Waals surface area contributed by atoms with Gasteiger partial charge in [0.1, 0.15) is 6.54 Å². The number of carbonyl (C=O) groups is 2. The summed E-state index contributed by atoms with van der Waals surface area (Å²) in [5, 5.41) is 12.9. The number of aliphatic hydroxyl groups is 1. The molecule has 2 aromatic rings. The molecule has 2 amide bonds. The summed E-state index contributed by atoms with van der Waals surface area (Å²) in [5.74, 6) is -0.247. The van der Waals surface area contributed by atoms with Gasteiger partial charge in [-0.25, -0.2) is 0 Å². The van der Waals surface area contributed by atoms with Crippen molar-refractivity contribution in [1.82, 2.24) is 5.32 Å². The molecule has 25 heavy (non-hydrogen) atoms. The van der Waals surface area contributed by atoms with Crippen molar-refractivity contribution in [3.05, 3.63) is 65.7 Å². The number of carbonyl (C=O) groups excluding carboxylic acids is 2. The van der Waals surface area contributed by atoms with E-state index in [1.807, 2.05) is 54.6 Å². The minimum Gasteiger partial charge on any atom is -0.388 e. The lowest BCUT2D eigenvalue weighted by Gasteiger charge is -2.28. The van der Waals surface area contributed by atoms with Crippen molar-refractivity contribution in [2.24, 2.45) is 0 Å². The first-order valence-electron chi connectivity index (χ1n) is 8.53. The third-order valence-corrected chi connectivity index (χ3v) is 4.42. The largest absolute Gasteiger partial charge is 0.388 e. The summed E-state index contributed by atoms with van der Waals surface area (Å²) >= 11 is 0. The average molecular weight is 338 g/mol. The number of fused-ring (bicyclic) bond motifs is 1. The molecule has 0 bridgehead atoms.